The Morgan fingerprint density at radius 2 is 2.33 bits per heavy atom. The molecule has 0 aromatic carbocycles. The zero-order valence-corrected chi connectivity index (χ0v) is 10.7. The van der Waals surface area contributed by atoms with E-state index in [0.29, 0.717) is 30.0 Å². The van der Waals surface area contributed by atoms with Crippen molar-refractivity contribution in [1.82, 2.24) is 24.9 Å². The number of aromatic nitrogens is 4. The summed E-state index contributed by atoms with van der Waals surface area (Å²) in [6, 6.07) is 2.07. The summed E-state index contributed by atoms with van der Waals surface area (Å²) in [5.74, 6) is 1.03. The molecule has 2 aromatic rings. The molecule has 0 unspecified atom stereocenters. The van der Waals surface area contributed by atoms with Gasteiger partial charge in [0.25, 0.3) is 0 Å². The summed E-state index contributed by atoms with van der Waals surface area (Å²) in [5.41, 5.74) is 0.224. The van der Waals surface area contributed by atoms with Gasteiger partial charge in [-0.3, -0.25) is 0 Å². The van der Waals surface area contributed by atoms with Gasteiger partial charge < -0.3 is 10.1 Å². The minimum absolute atomic E-state index is 0.289. The van der Waals surface area contributed by atoms with Gasteiger partial charge in [0, 0.05) is 18.7 Å². The van der Waals surface area contributed by atoms with E-state index in [-0.39, 0.29) is 5.69 Å². The molecule has 2 N–H and O–H groups in total. The molecule has 98 valence electrons. The number of nitrogens with zero attached hydrogens (tertiary/aromatic N) is 3. The quantitative estimate of drug-likeness (QED) is 0.736. The van der Waals surface area contributed by atoms with Crippen LogP contribution < -0.4 is 15.7 Å². The highest BCUT2D eigenvalue weighted by Crippen LogP contribution is 2.09. The number of hydrogen-bond acceptors (Lipinski definition) is 5. The van der Waals surface area contributed by atoms with Gasteiger partial charge >= 0.3 is 5.69 Å². The fourth-order valence-corrected chi connectivity index (χ4v) is 1.65. The third kappa shape index (κ3) is 2.67. The first-order chi connectivity index (χ1) is 8.58. The number of aromatic amines is 1. The van der Waals surface area contributed by atoms with E-state index in [1.165, 1.54) is 4.40 Å². The second-order valence-electron chi connectivity index (χ2n) is 4.32. The molecule has 0 saturated heterocycles. The van der Waals surface area contributed by atoms with Crippen LogP contribution in [-0.4, -0.2) is 38.8 Å². The van der Waals surface area contributed by atoms with Crippen LogP contribution in [0.15, 0.2) is 10.9 Å². The molecule has 0 aliphatic heterocycles. The predicted molar refractivity (Wildman–Crippen MR) is 67.0 cm³/mol. The first-order valence-corrected chi connectivity index (χ1v) is 5.89. The third-order valence-corrected chi connectivity index (χ3v) is 2.45. The van der Waals surface area contributed by atoms with Gasteiger partial charge in [0.1, 0.15) is 12.4 Å². The summed E-state index contributed by atoms with van der Waals surface area (Å²) < 4.78 is 6.91. The summed E-state index contributed by atoms with van der Waals surface area (Å²) in [5, 5.41) is 9.50. The van der Waals surface area contributed by atoms with E-state index >= 15 is 0 Å². The molecule has 0 spiro atoms. The average molecular weight is 251 g/mol. The highest BCUT2D eigenvalue weighted by Gasteiger charge is 2.07. The van der Waals surface area contributed by atoms with Crippen LogP contribution in [0.3, 0.4) is 0 Å². The Balaban J connectivity index is 2.08. The van der Waals surface area contributed by atoms with E-state index in [2.05, 4.69) is 34.3 Å². The number of H-pyrrole nitrogens is 1. The highest BCUT2D eigenvalue weighted by atomic mass is 16.5. The molecule has 0 aliphatic carbocycles. The van der Waals surface area contributed by atoms with Crippen molar-refractivity contribution < 1.29 is 4.74 Å². The van der Waals surface area contributed by atoms with E-state index in [1.54, 1.807) is 13.0 Å². The lowest BCUT2D eigenvalue weighted by Crippen LogP contribution is -2.27. The van der Waals surface area contributed by atoms with Crippen LogP contribution in [0, 0.1) is 6.92 Å². The molecule has 2 rings (SSSR count). The molecule has 2 aromatic heterocycles. The minimum atomic E-state index is -0.289. The molecule has 0 radical (unpaired) electrons. The molecular formula is C11H17N5O2. The Hall–Kier alpha value is -1.89. The second kappa shape index (κ2) is 5.18. The molecule has 0 saturated carbocycles. The van der Waals surface area contributed by atoms with E-state index in [0.717, 1.165) is 6.54 Å². The molecule has 7 nitrogen and oxygen atoms in total. The van der Waals surface area contributed by atoms with Crippen LogP contribution in [-0.2, 0) is 0 Å². The summed E-state index contributed by atoms with van der Waals surface area (Å²) in [7, 11) is 0. The van der Waals surface area contributed by atoms with Gasteiger partial charge in [-0.2, -0.15) is 10.1 Å². The van der Waals surface area contributed by atoms with Crippen molar-refractivity contribution in [1.29, 1.82) is 0 Å². The molecular weight excluding hydrogens is 234 g/mol. The highest BCUT2D eigenvalue weighted by molar-refractivity contribution is 5.40. The third-order valence-electron chi connectivity index (χ3n) is 2.45. The van der Waals surface area contributed by atoms with Gasteiger partial charge in [-0.05, 0) is 6.92 Å². The van der Waals surface area contributed by atoms with Crippen molar-refractivity contribution in [2.24, 2.45) is 0 Å². The van der Waals surface area contributed by atoms with Crippen molar-refractivity contribution in [3.63, 3.8) is 0 Å². The Kier molecular flexibility index (Phi) is 3.61. The van der Waals surface area contributed by atoms with Crippen LogP contribution in [0.1, 0.15) is 19.7 Å². The van der Waals surface area contributed by atoms with Gasteiger partial charge in [-0.25, -0.2) is 14.3 Å². The molecule has 0 bridgehead atoms. The van der Waals surface area contributed by atoms with Gasteiger partial charge in [-0.15, -0.1) is 0 Å². The molecule has 7 heteroatoms. The lowest BCUT2D eigenvalue weighted by molar-refractivity contribution is 0.297. The molecule has 2 heterocycles. The first kappa shape index (κ1) is 12.6. The van der Waals surface area contributed by atoms with Crippen molar-refractivity contribution in [3.05, 3.63) is 22.4 Å². The van der Waals surface area contributed by atoms with Gasteiger partial charge in [0.05, 0.1) is 0 Å². The van der Waals surface area contributed by atoms with Crippen molar-refractivity contribution >= 4 is 5.65 Å². The Labute approximate surface area is 104 Å². The number of ether oxygens (including phenoxy) is 1. The van der Waals surface area contributed by atoms with Crippen molar-refractivity contribution in [2.45, 2.75) is 26.8 Å². The Morgan fingerprint density at radius 1 is 1.56 bits per heavy atom. The zero-order chi connectivity index (χ0) is 13.1. The van der Waals surface area contributed by atoms with Crippen LogP contribution >= 0.6 is 0 Å². The number of rotatable bonds is 5. The SMILES string of the molecule is Cc1nc(OCCNC(C)C)cc2n[nH]c(=O)n12. The molecule has 0 aliphatic rings. The van der Waals surface area contributed by atoms with Crippen LogP contribution in [0.2, 0.25) is 0 Å². The second-order valence-corrected chi connectivity index (χ2v) is 4.32. The maximum absolute atomic E-state index is 11.4. The van der Waals surface area contributed by atoms with Gasteiger partial charge in [0.15, 0.2) is 5.65 Å². The monoisotopic (exact) mass is 251 g/mol. The topological polar surface area (TPSA) is 84.3 Å². The van der Waals surface area contributed by atoms with E-state index in [4.69, 9.17) is 4.74 Å². The smallest absolute Gasteiger partial charge is 0.349 e. The maximum Gasteiger partial charge on any atom is 0.349 e. The fourth-order valence-electron chi connectivity index (χ4n) is 1.65. The minimum Gasteiger partial charge on any atom is -0.476 e. The average Bonchev–Trinajstić information content (AvgIpc) is 2.67. The maximum atomic E-state index is 11.4. The van der Waals surface area contributed by atoms with Crippen LogP contribution in [0.4, 0.5) is 0 Å². The zero-order valence-electron chi connectivity index (χ0n) is 10.7. The summed E-state index contributed by atoms with van der Waals surface area (Å²) in [6.45, 7) is 7.16. The summed E-state index contributed by atoms with van der Waals surface area (Å²) in [4.78, 5) is 15.6. The number of fused-ring (bicyclic) bond motifs is 1. The van der Waals surface area contributed by atoms with Crippen LogP contribution in [0.25, 0.3) is 5.65 Å². The molecule has 0 fully saturated rings. The first-order valence-electron chi connectivity index (χ1n) is 5.89. The summed E-state index contributed by atoms with van der Waals surface area (Å²) in [6.07, 6.45) is 0. The van der Waals surface area contributed by atoms with Crippen LogP contribution in [0.5, 0.6) is 5.88 Å². The lowest BCUT2D eigenvalue weighted by atomic mass is 10.4. The Bertz CT molecular complexity index is 587. The van der Waals surface area contributed by atoms with Crippen molar-refractivity contribution in [2.75, 3.05) is 13.2 Å². The fraction of sp³-hybridized carbons (Fsp3) is 0.545. The summed E-state index contributed by atoms with van der Waals surface area (Å²) >= 11 is 0. The predicted octanol–water partition coefficient (Wildman–Crippen LogP) is 0.103. The van der Waals surface area contributed by atoms with E-state index < -0.39 is 0 Å². The van der Waals surface area contributed by atoms with Gasteiger partial charge in [-0.1, -0.05) is 13.8 Å². The van der Waals surface area contributed by atoms with E-state index in [9.17, 15) is 4.79 Å². The van der Waals surface area contributed by atoms with E-state index in [1.807, 2.05) is 0 Å². The molecule has 18 heavy (non-hydrogen) atoms. The number of aryl methyl sites for hydroxylation is 1. The Morgan fingerprint density at radius 3 is 3.06 bits per heavy atom. The largest absolute Gasteiger partial charge is 0.476 e. The standard InChI is InChI=1S/C11H17N5O2/c1-7(2)12-4-5-18-10-6-9-14-15-11(17)16(9)8(3)13-10/h6-7,12H,4-5H2,1-3H3,(H,15,17). The molecule has 0 amide bonds. The lowest BCUT2D eigenvalue weighted by Gasteiger charge is -2.09. The number of nitrogens with one attached hydrogen (secondary N) is 2. The molecule has 0 atom stereocenters. The van der Waals surface area contributed by atoms with Gasteiger partial charge in [0.2, 0.25) is 5.88 Å². The van der Waals surface area contributed by atoms with Crippen molar-refractivity contribution in [3.8, 4) is 5.88 Å². The number of hydrogen-bond donors (Lipinski definition) is 2. The normalized spacial score (nSPS) is 11.3.